The Morgan fingerprint density at radius 2 is 1.78 bits per heavy atom. The minimum atomic E-state index is -0.594. The van der Waals surface area contributed by atoms with Crippen LogP contribution in [0.25, 0.3) is 11.1 Å². The van der Waals surface area contributed by atoms with Gasteiger partial charge in [-0.3, -0.25) is 0 Å². The van der Waals surface area contributed by atoms with E-state index in [0.717, 1.165) is 0 Å². The van der Waals surface area contributed by atoms with Crippen molar-refractivity contribution in [2.45, 2.75) is 6.54 Å². The van der Waals surface area contributed by atoms with Gasteiger partial charge in [-0.05, 0) is 29.8 Å². The molecule has 0 amide bonds. The van der Waals surface area contributed by atoms with Crippen molar-refractivity contribution in [2.75, 3.05) is 7.11 Å². The third kappa shape index (κ3) is 2.19. The van der Waals surface area contributed by atoms with E-state index in [-0.39, 0.29) is 12.1 Å². The number of benzene rings is 2. The maximum Gasteiger partial charge on any atom is 0.133 e. The average molecular weight is 249 g/mol. The van der Waals surface area contributed by atoms with Gasteiger partial charge >= 0.3 is 0 Å². The summed E-state index contributed by atoms with van der Waals surface area (Å²) in [5.41, 5.74) is 6.69. The first-order valence-electron chi connectivity index (χ1n) is 5.48. The Labute approximate surface area is 104 Å². The summed E-state index contributed by atoms with van der Waals surface area (Å²) >= 11 is 0. The van der Waals surface area contributed by atoms with E-state index in [1.54, 1.807) is 18.2 Å². The summed E-state index contributed by atoms with van der Waals surface area (Å²) in [7, 11) is 1.53. The van der Waals surface area contributed by atoms with Crippen molar-refractivity contribution in [3.63, 3.8) is 0 Å². The molecule has 18 heavy (non-hydrogen) atoms. The fraction of sp³-hybridized carbons (Fsp3) is 0.143. The van der Waals surface area contributed by atoms with Crippen LogP contribution in [0.1, 0.15) is 5.56 Å². The molecule has 2 N–H and O–H groups in total. The third-order valence-corrected chi connectivity index (χ3v) is 2.75. The summed E-state index contributed by atoms with van der Waals surface area (Å²) < 4.78 is 32.4. The molecule has 0 heterocycles. The summed E-state index contributed by atoms with van der Waals surface area (Å²) in [6.07, 6.45) is 0. The van der Waals surface area contributed by atoms with Gasteiger partial charge in [-0.2, -0.15) is 0 Å². The minimum absolute atomic E-state index is 0.0464. The predicted octanol–water partition coefficient (Wildman–Crippen LogP) is 3.10. The molecule has 0 aliphatic heterocycles. The molecule has 2 aromatic rings. The molecule has 2 aromatic carbocycles. The maximum absolute atomic E-state index is 13.7. The highest BCUT2D eigenvalue weighted by Gasteiger charge is 2.12. The number of methoxy groups -OCH3 is 1. The quantitative estimate of drug-likeness (QED) is 0.907. The SMILES string of the molecule is COc1ccc(-c2c(F)cccc2F)cc1CN. The van der Waals surface area contributed by atoms with Crippen LogP contribution in [0.15, 0.2) is 36.4 Å². The summed E-state index contributed by atoms with van der Waals surface area (Å²) in [6, 6.07) is 8.69. The van der Waals surface area contributed by atoms with Crippen LogP contribution in [-0.2, 0) is 6.54 Å². The van der Waals surface area contributed by atoms with E-state index < -0.39 is 11.6 Å². The van der Waals surface area contributed by atoms with Crippen molar-refractivity contribution in [2.24, 2.45) is 5.73 Å². The molecule has 0 radical (unpaired) electrons. The number of nitrogens with two attached hydrogens (primary N) is 1. The van der Waals surface area contributed by atoms with Gasteiger partial charge in [0.25, 0.3) is 0 Å². The number of rotatable bonds is 3. The van der Waals surface area contributed by atoms with Crippen molar-refractivity contribution in [3.05, 3.63) is 53.6 Å². The zero-order valence-corrected chi connectivity index (χ0v) is 9.91. The molecular formula is C14H13F2NO. The lowest BCUT2D eigenvalue weighted by Gasteiger charge is -2.10. The molecular weight excluding hydrogens is 236 g/mol. The maximum atomic E-state index is 13.7. The molecule has 0 unspecified atom stereocenters. The molecule has 2 nitrogen and oxygen atoms in total. The normalized spacial score (nSPS) is 10.4. The van der Waals surface area contributed by atoms with Crippen LogP contribution in [0.3, 0.4) is 0 Å². The number of hydrogen-bond donors (Lipinski definition) is 1. The van der Waals surface area contributed by atoms with Crippen molar-refractivity contribution >= 4 is 0 Å². The van der Waals surface area contributed by atoms with Gasteiger partial charge in [0.1, 0.15) is 17.4 Å². The first kappa shape index (κ1) is 12.5. The highest BCUT2D eigenvalue weighted by molar-refractivity contribution is 5.67. The highest BCUT2D eigenvalue weighted by atomic mass is 19.1. The molecule has 0 spiro atoms. The molecule has 0 saturated heterocycles. The minimum Gasteiger partial charge on any atom is -0.496 e. The summed E-state index contributed by atoms with van der Waals surface area (Å²) in [5.74, 6) is -0.579. The standard InChI is InChI=1S/C14H13F2NO/c1-18-13-6-5-9(7-10(13)8-17)14-11(15)3-2-4-12(14)16/h2-7H,8,17H2,1H3. The van der Waals surface area contributed by atoms with Crippen LogP contribution < -0.4 is 10.5 Å². The lowest BCUT2D eigenvalue weighted by atomic mass is 10.0. The number of halogens is 2. The van der Waals surface area contributed by atoms with Crippen molar-refractivity contribution in [1.82, 2.24) is 0 Å². The van der Waals surface area contributed by atoms with Gasteiger partial charge in [0.05, 0.1) is 12.7 Å². The first-order chi connectivity index (χ1) is 8.67. The average Bonchev–Trinajstić information content (AvgIpc) is 2.38. The topological polar surface area (TPSA) is 35.2 Å². The molecule has 0 atom stereocenters. The molecule has 94 valence electrons. The molecule has 2 rings (SSSR count). The molecule has 0 fully saturated rings. The van der Waals surface area contributed by atoms with Gasteiger partial charge in [-0.25, -0.2) is 8.78 Å². The molecule has 0 bridgehead atoms. The lowest BCUT2D eigenvalue weighted by Crippen LogP contribution is -2.00. The van der Waals surface area contributed by atoms with Crippen LogP contribution in [-0.4, -0.2) is 7.11 Å². The van der Waals surface area contributed by atoms with E-state index in [1.807, 2.05) is 0 Å². The summed E-state index contributed by atoms with van der Waals surface area (Å²) in [4.78, 5) is 0. The fourth-order valence-electron chi connectivity index (χ4n) is 1.87. The molecule has 0 aliphatic carbocycles. The van der Waals surface area contributed by atoms with Crippen molar-refractivity contribution in [3.8, 4) is 16.9 Å². The fourth-order valence-corrected chi connectivity index (χ4v) is 1.87. The number of hydrogen-bond acceptors (Lipinski definition) is 2. The first-order valence-corrected chi connectivity index (χ1v) is 5.48. The Balaban J connectivity index is 2.58. The number of ether oxygens (including phenoxy) is 1. The van der Waals surface area contributed by atoms with Gasteiger partial charge < -0.3 is 10.5 Å². The lowest BCUT2D eigenvalue weighted by molar-refractivity contribution is 0.410. The largest absolute Gasteiger partial charge is 0.496 e. The van der Waals surface area contributed by atoms with Crippen LogP contribution >= 0.6 is 0 Å². The monoisotopic (exact) mass is 249 g/mol. The van der Waals surface area contributed by atoms with Crippen molar-refractivity contribution < 1.29 is 13.5 Å². The van der Waals surface area contributed by atoms with Crippen LogP contribution in [0, 0.1) is 11.6 Å². The Bertz CT molecular complexity index is 549. The van der Waals surface area contributed by atoms with Crippen LogP contribution in [0.4, 0.5) is 8.78 Å². The van der Waals surface area contributed by atoms with E-state index in [4.69, 9.17) is 10.5 Å². The van der Waals surface area contributed by atoms with Crippen LogP contribution in [0.2, 0.25) is 0 Å². The van der Waals surface area contributed by atoms with Gasteiger partial charge in [0.2, 0.25) is 0 Å². The van der Waals surface area contributed by atoms with E-state index in [1.165, 1.54) is 25.3 Å². The smallest absolute Gasteiger partial charge is 0.133 e. The van der Waals surface area contributed by atoms with Gasteiger partial charge in [-0.1, -0.05) is 12.1 Å². The predicted molar refractivity (Wildman–Crippen MR) is 66.2 cm³/mol. The van der Waals surface area contributed by atoms with Crippen molar-refractivity contribution in [1.29, 1.82) is 0 Å². The van der Waals surface area contributed by atoms with E-state index in [2.05, 4.69) is 0 Å². The summed E-state index contributed by atoms with van der Waals surface area (Å²) in [5, 5.41) is 0. The highest BCUT2D eigenvalue weighted by Crippen LogP contribution is 2.30. The van der Waals surface area contributed by atoms with Crippen LogP contribution in [0.5, 0.6) is 5.75 Å². The Hall–Kier alpha value is -1.94. The zero-order valence-electron chi connectivity index (χ0n) is 9.91. The van der Waals surface area contributed by atoms with E-state index in [0.29, 0.717) is 16.9 Å². The van der Waals surface area contributed by atoms with Gasteiger partial charge in [-0.15, -0.1) is 0 Å². The molecule has 0 aliphatic rings. The van der Waals surface area contributed by atoms with Gasteiger partial charge in [0, 0.05) is 12.1 Å². The Morgan fingerprint density at radius 3 is 2.33 bits per heavy atom. The molecule has 4 heteroatoms. The second-order valence-corrected chi connectivity index (χ2v) is 3.83. The van der Waals surface area contributed by atoms with E-state index in [9.17, 15) is 8.78 Å². The Morgan fingerprint density at radius 1 is 1.11 bits per heavy atom. The second kappa shape index (κ2) is 5.14. The molecule has 0 aromatic heterocycles. The summed E-state index contributed by atoms with van der Waals surface area (Å²) in [6.45, 7) is 0.243. The Kier molecular flexibility index (Phi) is 3.58. The third-order valence-electron chi connectivity index (χ3n) is 2.75. The zero-order chi connectivity index (χ0) is 13.1. The van der Waals surface area contributed by atoms with E-state index >= 15 is 0 Å². The van der Waals surface area contributed by atoms with Gasteiger partial charge in [0.15, 0.2) is 0 Å². The second-order valence-electron chi connectivity index (χ2n) is 3.83. The molecule has 0 saturated carbocycles.